The SMILES string of the molecule is O=C=NC1CCC(CC2CCCCC2N=C=O)C(N=C=O)C1. The van der Waals surface area contributed by atoms with Crippen LogP contribution in [0.1, 0.15) is 51.4 Å². The van der Waals surface area contributed by atoms with Crippen LogP contribution in [0.2, 0.25) is 0 Å². The van der Waals surface area contributed by atoms with Crippen LogP contribution in [0.25, 0.3) is 0 Å². The van der Waals surface area contributed by atoms with Gasteiger partial charge in [-0.3, -0.25) is 0 Å². The summed E-state index contributed by atoms with van der Waals surface area (Å²) in [6.45, 7) is 0. The maximum atomic E-state index is 10.7. The molecule has 2 aliphatic rings. The van der Waals surface area contributed by atoms with Gasteiger partial charge >= 0.3 is 0 Å². The average molecular weight is 303 g/mol. The zero-order chi connectivity index (χ0) is 15.8. The predicted octanol–water partition coefficient (Wildman–Crippen LogP) is 2.48. The first-order chi connectivity index (χ1) is 10.8. The molecule has 6 heteroatoms. The molecule has 0 aromatic rings. The molecule has 2 fully saturated rings. The lowest BCUT2D eigenvalue weighted by Gasteiger charge is -2.36. The Morgan fingerprint density at radius 3 is 2.09 bits per heavy atom. The largest absolute Gasteiger partial charge is 0.235 e. The van der Waals surface area contributed by atoms with Crippen LogP contribution in [0, 0.1) is 11.8 Å². The Kier molecular flexibility index (Phi) is 6.42. The molecular formula is C16H21N3O3. The average Bonchev–Trinajstić information content (AvgIpc) is 2.52. The molecule has 0 aromatic carbocycles. The highest BCUT2D eigenvalue weighted by Gasteiger charge is 2.35. The molecule has 0 aromatic heterocycles. The minimum absolute atomic E-state index is 0.0535. The van der Waals surface area contributed by atoms with Gasteiger partial charge in [0.15, 0.2) is 0 Å². The smallest absolute Gasteiger partial charge is 0.211 e. The highest BCUT2D eigenvalue weighted by Crippen LogP contribution is 2.38. The van der Waals surface area contributed by atoms with Crippen molar-refractivity contribution in [3.63, 3.8) is 0 Å². The van der Waals surface area contributed by atoms with Crippen molar-refractivity contribution in [3.05, 3.63) is 0 Å². The first-order valence-corrected chi connectivity index (χ1v) is 7.99. The number of carbonyl (C=O) groups excluding carboxylic acids is 3. The minimum Gasteiger partial charge on any atom is -0.211 e. The van der Waals surface area contributed by atoms with Crippen LogP contribution in [0.4, 0.5) is 0 Å². The Labute approximate surface area is 129 Å². The molecule has 0 spiro atoms. The van der Waals surface area contributed by atoms with E-state index in [0.29, 0.717) is 12.3 Å². The summed E-state index contributed by atoms with van der Waals surface area (Å²) < 4.78 is 0. The second-order valence-corrected chi connectivity index (χ2v) is 6.30. The second-order valence-electron chi connectivity index (χ2n) is 6.30. The van der Waals surface area contributed by atoms with E-state index >= 15 is 0 Å². The van der Waals surface area contributed by atoms with E-state index in [-0.39, 0.29) is 24.0 Å². The summed E-state index contributed by atoms with van der Waals surface area (Å²) in [5.74, 6) is 0.627. The van der Waals surface area contributed by atoms with Gasteiger partial charge in [-0.1, -0.05) is 12.8 Å². The highest BCUT2D eigenvalue weighted by molar-refractivity contribution is 5.35. The molecule has 6 nitrogen and oxygen atoms in total. The molecule has 5 atom stereocenters. The molecule has 2 aliphatic carbocycles. The molecule has 2 saturated carbocycles. The van der Waals surface area contributed by atoms with Crippen LogP contribution >= 0.6 is 0 Å². The Hall–Kier alpha value is -1.86. The molecular weight excluding hydrogens is 282 g/mol. The predicted molar refractivity (Wildman–Crippen MR) is 79.6 cm³/mol. The summed E-state index contributed by atoms with van der Waals surface area (Å²) in [5, 5.41) is 0. The van der Waals surface area contributed by atoms with Crippen molar-refractivity contribution in [2.45, 2.75) is 69.5 Å². The Bertz CT molecular complexity index is 517. The number of aliphatic imine (C=N–C) groups is 3. The number of hydrogen-bond acceptors (Lipinski definition) is 6. The van der Waals surface area contributed by atoms with E-state index in [2.05, 4.69) is 15.0 Å². The number of rotatable bonds is 5. The molecule has 5 unspecified atom stereocenters. The van der Waals surface area contributed by atoms with Gasteiger partial charge in [-0.05, 0) is 50.4 Å². The third kappa shape index (κ3) is 4.32. The monoisotopic (exact) mass is 303 g/mol. The van der Waals surface area contributed by atoms with Gasteiger partial charge in [0.1, 0.15) is 0 Å². The summed E-state index contributed by atoms with van der Waals surface area (Å²) in [7, 11) is 0. The highest BCUT2D eigenvalue weighted by atomic mass is 16.1. The minimum atomic E-state index is -0.142. The first kappa shape index (κ1) is 16.5. The second kappa shape index (κ2) is 8.55. The van der Waals surface area contributed by atoms with Crippen molar-refractivity contribution >= 4 is 18.2 Å². The quantitative estimate of drug-likeness (QED) is 0.577. The zero-order valence-corrected chi connectivity index (χ0v) is 12.6. The van der Waals surface area contributed by atoms with Gasteiger partial charge in [-0.2, -0.15) is 0 Å². The lowest BCUT2D eigenvalue weighted by molar-refractivity contribution is 0.195. The third-order valence-corrected chi connectivity index (χ3v) is 5.08. The molecule has 0 radical (unpaired) electrons. The maximum absolute atomic E-state index is 10.7. The zero-order valence-electron chi connectivity index (χ0n) is 12.6. The number of hydrogen-bond donors (Lipinski definition) is 0. The van der Waals surface area contributed by atoms with Gasteiger partial charge in [0.2, 0.25) is 18.2 Å². The van der Waals surface area contributed by atoms with E-state index < -0.39 is 0 Å². The van der Waals surface area contributed by atoms with Crippen LogP contribution in [-0.4, -0.2) is 36.4 Å². The van der Waals surface area contributed by atoms with Gasteiger partial charge in [-0.15, -0.1) is 0 Å². The lowest BCUT2D eigenvalue weighted by Crippen LogP contribution is -2.34. The molecule has 0 heterocycles. The van der Waals surface area contributed by atoms with Crippen molar-refractivity contribution in [2.75, 3.05) is 0 Å². The third-order valence-electron chi connectivity index (χ3n) is 5.08. The van der Waals surface area contributed by atoms with Crippen LogP contribution < -0.4 is 0 Å². The van der Waals surface area contributed by atoms with Gasteiger partial charge in [0, 0.05) is 0 Å². The molecule has 0 amide bonds. The normalized spacial score (nSPS) is 34.6. The van der Waals surface area contributed by atoms with Crippen molar-refractivity contribution in [1.29, 1.82) is 0 Å². The van der Waals surface area contributed by atoms with Crippen LogP contribution in [0.5, 0.6) is 0 Å². The van der Waals surface area contributed by atoms with Crippen molar-refractivity contribution in [3.8, 4) is 0 Å². The Balaban J connectivity index is 2.04. The van der Waals surface area contributed by atoms with Crippen molar-refractivity contribution in [1.82, 2.24) is 0 Å². The number of nitrogens with zero attached hydrogens (tertiary/aromatic N) is 3. The molecule has 118 valence electrons. The molecule has 0 saturated heterocycles. The number of isocyanates is 3. The molecule has 0 N–H and O–H groups in total. The fourth-order valence-electron chi connectivity index (χ4n) is 3.97. The van der Waals surface area contributed by atoms with E-state index in [1.54, 1.807) is 18.2 Å². The fraction of sp³-hybridized carbons (Fsp3) is 0.812. The van der Waals surface area contributed by atoms with Gasteiger partial charge in [0.05, 0.1) is 18.1 Å². The Morgan fingerprint density at radius 2 is 1.36 bits per heavy atom. The van der Waals surface area contributed by atoms with E-state index in [4.69, 9.17) is 0 Å². The molecule has 0 aliphatic heterocycles. The van der Waals surface area contributed by atoms with Crippen molar-refractivity contribution < 1.29 is 14.4 Å². The lowest BCUT2D eigenvalue weighted by atomic mass is 9.73. The first-order valence-electron chi connectivity index (χ1n) is 7.99. The maximum Gasteiger partial charge on any atom is 0.235 e. The summed E-state index contributed by atoms with van der Waals surface area (Å²) in [6.07, 6.45) is 12.4. The molecule has 0 bridgehead atoms. The molecule has 22 heavy (non-hydrogen) atoms. The topological polar surface area (TPSA) is 88.3 Å². The van der Waals surface area contributed by atoms with E-state index in [0.717, 1.165) is 44.9 Å². The Morgan fingerprint density at radius 1 is 0.727 bits per heavy atom. The fourth-order valence-corrected chi connectivity index (χ4v) is 3.97. The van der Waals surface area contributed by atoms with Crippen LogP contribution in [-0.2, 0) is 14.4 Å². The van der Waals surface area contributed by atoms with Gasteiger partial charge in [0.25, 0.3) is 0 Å². The summed E-state index contributed by atoms with van der Waals surface area (Å²) in [4.78, 5) is 43.3. The van der Waals surface area contributed by atoms with Crippen molar-refractivity contribution in [2.24, 2.45) is 26.8 Å². The van der Waals surface area contributed by atoms with Crippen LogP contribution in [0.15, 0.2) is 15.0 Å². The van der Waals surface area contributed by atoms with E-state index in [1.165, 1.54) is 0 Å². The van der Waals surface area contributed by atoms with Crippen LogP contribution in [0.3, 0.4) is 0 Å². The summed E-state index contributed by atoms with van der Waals surface area (Å²) in [6, 6.07) is -0.181. The molecule has 2 rings (SSSR count). The van der Waals surface area contributed by atoms with E-state index in [9.17, 15) is 14.4 Å². The summed E-state index contributed by atoms with van der Waals surface area (Å²) >= 11 is 0. The summed E-state index contributed by atoms with van der Waals surface area (Å²) in [5.41, 5.74) is 0. The van der Waals surface area contributed by atoms with E-state index in [1.807, 2.05) is 0 Å². The van der Waals surface area contributed by atoms with Gasteiger partial charge in [-0.25, -0.2) is 29.4 Å². The standard InChI is InChI=1S/C16H21N3O3/c20-9-17-14-6-5-13(16(8-14)19-11-22)7-12-3-1-2-4-15(12)18-10-21/h12-16H,1-8H2. The van der Waals surface area contributed by atoms with Gasteiger partial charge < -0.3 is 0 Å².